The van der Waals surface area contributed by atoms with Crippen molar-refractivity contribution in [2.45, 2.75) is 6.92 Å². The Labute approximate surface area is 132 Å². The van der Waals surface area contributed by atoms with Crippen LogP contribution in [0.2, 0.25) is 10.0 Å². The lowest BCUT2D eigenvalue weighted by molar-refractivity contribution is 0.102. The molecular weight excluding hydrogens is 311 g/mol. The molecule has 0 aliphatic rings. The molecule has 0 spiro atoms. The quantitative estimate of drug-likeness (QED) is 0.834. The van der Waals surface area contributed by atoms with E-state index in [4.69, 9.17) is 33.7 Å². The van der Waals surface area contributed by atoms with Crippen LogP contribution < -0.4 is 15.8 Å². The average molecular weight is 325 g/mol. The number of anilines is 2. The minimum atomic E-state index is -0.353. The van der Waals surface area contributed by atoms with Gasteiger partial charge in [0.1, 0.15) is 5.75 Å². The molecule has 110 valence electrons. The number of hydrogen-bond acceptors (Lipinski definition) is 3. The van der Waals surface area contributed by atoms with Crippen LogP contribution in [0.15, 0.2) is 30.3 Å². The van der Waals surface area contributed by atoms with Crippen molar-refractivity contribution in [2.24, 2.45) is 0 Å². The highest BCUT2D eigenvalue weighted by molar-refractivity contribution is 6.36. The van der Waals surface area contributed by atoms with Gasteiger partial charge < -0.3 is 15.8 Å². The third kappa shape index (κ3) is 3.40. The van der Waals surface area contributed by atoms with Crippen LogP contribution in [0.1, 0.15) is 15.9 Å². The highest BCUT2D eigenvalue weighted by Gasteiger charge is 2.15. The number of nitrogens with two attached hydrogens (primary N) is 1. The number of halogens is 2. The van der Waals surface area contributed by atoms with Gasteiger partial charge in [0.25, 0.3) is 5.91 Å². The first kappa shape index (κ1) is 15.5. The molecule has 0 saturated heterocycles. The van der Waals surface area contributed by atoms with E-state index in [2.05, 4.69) is 5.32 Å². The topological polar surface area (TPSA) is 64.3 Å². The Bertz CT molecular complexity index is 702. The number of aryl methyl sites for hydroxylation is 1. The fourth-order valence-electron chi connectivity index (χ4n) is 1.83. The van der Waals surface area contributed by atoms with E-state index < -0.39 is 0 Å². The maximum absolute atomic E-state index is 12.3. The minimum Gasteiger partial charge on any atom is -0.496 e. The maximum Gasteiger partial charge on any atom is 0.259 e. The number of carbonyl (C=O) groups excluding carboxylic acids is 1. The Morgan fingerprint density at radius 2 is 1.90 bits per heavy atom. The van der Waals surface area contributed by atoms with Crippen LogP contribution in [0.5, 0.6) is 5.75 Å². The Hall–Kier alpha value is -1.91. The van der Waals surface area contributed by atoms with E-state index in [1.165, 1.54) is 7.11 Å². The molecule has 2 aromatic rings. The third-order valence-electron chi connectivity index (χ3n) is 2.97. The molecule has 0 bridgehead atoms. The van der Waals surface area contributed by atoms with Crippen molar-refractivity contribution in [3.8, 4) is 5.75 Å². The molecule has 0 saturated carbocycles. The monoisotopic (exact) mass is 324 g/mol. The van der Waals surface area contributed by atoms with Gasteiger partial charge in [0.15, 0.2) is 0 Å². The van der Waals surface area contributed by atoms with Crippen molar-refractivity contribution in [2.75, 3.05) is 18.2 Å². The summed E-state index contributed by atoms with van der Waals surface area (Å²) in [6.07, 6.45) is 0. The van der Waals surface area contributed by atoms with Crippen LogP contribution in [0.25, 0.3) is 0 Å². The number of nitrogens with one attached hydrogen (secondary N) is 1. The van der Waals surface area contributed by atoms with Gasteiger partial charge in [0.05, 0.1) is 23.4 Å². The van der Waals surface area contributed by atoms with Crippen molar-refractivity contribution >= 4 is 40.5 Å². The first-order valence-electron chi connectivity index (χ1n) is 6.13. The summed E-state index contributed by atoms with van der Waals surface area (Å²) < 4.78 is 5.16. The molecule has 0 aromatic heterocycles. The summed E-state index contributed by atoms with van der Waals surface area (Å²) >= 11 is 12.2. The molecule has 21 heavy (non-hydrogen) atoms. The van der Waals surface area contributed by atoms with Gasteiger partial charge in [-0.05, 0) is 36.8 Å². The minimum absolute atomic E-state index is 0.353. The van der Waals surface area contributed by atoms with E-state index in [0.29, 0.717) is 32.7 Å². The first-order valence-corrected chi connectivity index (χ1v) is 6.88. The summed E-state index contributed by atoms with van der Waals surface area (Å²) in [5.74, 6) is 0.0375. The molecule has 2 rings (SSSR count). The zero-order valence-electron chi connectivity index (χ0n) is 11.5. The van der Waals surface area contributed by atoms with Crippen LogP contribution in [0, 0.1) is 6.92 Å². The number of hydrogen-bond donors (Lipinski definition) is 2. The van der Waals surface area contributed by atoms with Crippen molar-refractivity contribution in [3.63, 3.8) is 0 Å². The van der Waals surface area contributed by atoms with E-state index in [9.17, 15) is 4.79 Å². The predicted octanol–water partition coefficient (Wildman–Crippen LogP) is 4.14. The number of amides is 1. The molecule has 6 heteroatoms. The van der Waals surface area contributed by atoms with Crippen molar-refractivity contribution in [1.82, 2.24) is 0 Å². The zero-order valence-corrected chi connectivity index (χ0v) is 13.0. The van der Waals surface area contributed by atoms with Gasteiger partial charge in [-0.3, -0.25) is 4.79 Å². The molecule has 0 heterocycles. The van der Waals surface area contributed by atoms with E-state index in [0.717, 1.165) is 5.56 Å². The first-order chi connectivity index (χ1) is 9.92. The normalized spacial score (nSPS) is 10.3. The molecule has 0 atom stereocenters. The van der Waals surface area contributed by atoms with E-state index in [1.54, 1.807) is 30.3 Å². The molecular formula is C15H14Cl2N2O2. The third-order valence-corrected chi connectivity index (χ3v) is 3.69. The molecule has 0 aliphatic heterocycles. The Kier molecular flexibility index (Phi) is 4.60. The second-order valence-corrected chi connectivity index (χ2v) is 5.31. The molecule has 1 amide bonds. The highest BCUT2D eigenvalue weighted by Crippen LogP contribution is 2.30. The van der Waals surface area contributed by atoms with E-state index in [1.807, 2.05) is 6.92 Å². The summed E-state index contributed by atoms with van der Waals surface area (Å²) in [5, 5.41) is 3.66. The van der Waals surface area contributed by atoms with Crippen LogP contribution in [0.4, 0.5) is 11.4 Å². The Morgan fingerprint density at radius 1 is 1.19 bits per heavy atom. The zero-order chi connectivity index (χ0) is 15.6. The molecule has 3 N–H and O–H groups in total. The smallest absolute Gasteiger partial charge is 0.259 e. The lowest BCUT2D eigenvalue weighted by Crippen LogP contribution is -2.13. The lowest BCUT2D eigenvalue weighted by Gasteiger charge is -2.12. The van der Waals surface area contributed by atoms with Crippen LogP contribution in [0.3, 0.4) is 0 Å². The van der Waals surface area contributed by atoms with Crippen LogP contribution >= 0.6 is 23.2 Å². The van der Waals surface area contributed by atoms with Crippen molar-refractivity contribution in [1.29, 1.82) is 0 Å². The summed E-state index contributed by atoms with van der Waals surface area (Å²) in [6.45, 7) is 1.84. The molecule has 4 nitrogen and oxygen atoms in total. The van der Waals surface area contributed by atoms with Gasteiger partial charge in [-0.2, -0.15) is 0 Å². The Balaban J connectivity index is 2.32. The molecule has 2 aromatic carbocycles. The van der Waals surface area contributed by atoms with Gasteiger partial charge in [-0.1, -0.05) is 23.2 Å². The Morgan fingerprint density at radius 3 is 2.57 bits per heavy atom. The van der Waals surface area contributed by atoms with E-state index >= 15 is 0 Å². The molecule has 0 aliphatic carbocycles. The second-order valence-electron chi connectivity index (χ2n) is 4.50. The largest absolute Gasteiger partial charge is 0.496 e. The number of carbonyl (C=O) groups is 1. The molecule has 0 unspecified atom stereocenters. The van der Waals surface area contributed by atoms with Gasteiger partial charge >= 0.3 is 0 Å². The predicted molar refractivity (Wildman–Crippen MR) is 86.6 cm³/mol. The number of methoxy groups -OCH3 is 1. The van der Waals surface area contributed by atoms with Crippen molar-refractivity contribution < 1.29 is 9.53 Å². The van der Waals surface area contributed by atoms with E-state index in [-0.39, 0.29) is 5.91 Å². The number of benzene rings is 2. The second kappa shape index (κ2) is 6.24. The summed E-state index contributed by atoms with van der Waals surface area (Å²) in [5.41, 5.74) is 7.82. The number of ether oxygens (including phenoxy) is 1. The summed E-state index contributed by atoms with van der Waals surface area (Å²) in [7, 11) is 1.47. The van der Waals surface area contributed by atoms with Gasteiger partial charge in [0.2, 0.25) is 0 Å². The fourth-order valence-corrected chi connectivity index (χ4v) is 2.26. The number of rotatable bonds is 3. The SMILES string of the molecule is COc1cc(N)ccc1C(=O)Nc1cc(Cl)c(C)cc1Cl. The van der Waals surface area contributed by atoms with Gasteiger partial charge in [-0.25, -0.2) is 0 Å². The van der Waals surface area contributed by atoms with Crippen molar-refractivity contribution in [3.05, 3.63) is 51.5 Å². The van der Waals surface area contributed by atoms with Gasteiger partial charge in [-0.15, -0.1) is 0 Å². The highest BCUT2D eigenvalue weighted by atomic mass is 35.5. The lowest BCUT2D eigenvalue weighted by atomic mass is 10.1. The van der Waals surface area contributed by atoms with Gasteiger partial charge in [0, 0.05) is 16.8 Å². The van der Waals surface area contributed by atoms with Crippen LogP contribution in [-0.4, -0.2) is 13.0 Å². The number of nitrogen functional groups attached to an aromatic ring is 1. The maximum atomic E-state index is 12.3. The summed E-state index contributed by atoms with van der Waals surface area (Å²) in [4.78, 5) is 12.3. The summed E-state index contributed by atoms with van der Waals surface area (Å²) in [6, 6.07) is 8.10. The average Bonchev–Trinajstić information content (AvgIpc) is 2.44. The van der Waals surface area contributed by atoms with Crippen LogP contribution in [-0.2, 0) is 0 Å². The molecule has 0 fully saturated rings. The fraction of sp³-hybridized carbons (Fsp3) is 0.133. The molecule has 0 radical (unpaired) electrons. The standard InChI is InChI=1S/C15H14Cl2N2O2/c1-8-5-12(17)13(7-11(8)16)19-15(20)10-4-3-9(18)6-14(10)21-2/h3-7H,18H2,1-2H3,(H,19,20).